The minimum absolute atomic E-state index is 0.0293. The van der Waals surface area contributed by atoms with E-state index in [4.69, 9.17) is 4.43 Å². The molecule has 0 amide bonds. The van der Waals surface area contributed by atoms with Gasteiger partial charge in [-0.2, -0.15) is 0 Å². The zero-order valence-corrected chi connectivity index (χ0v) is 15.8. The maximum absolute atomic E-state index is 11.7. The second kappa shape index (κ2) is 5.60. The topological polar surface area (TPSA) is 42.1 Å². The van der Waals surface area contributed by atoms with Crippen molar-refractivity contribution in [2.45, 2.75) is 63.8 Å². The average Bonchev–Trinajstić information content (AvgIpc) is 2.41. The van der Waals surface area contributed by atoms with Crippen LogP contribution >= 0.6 is 0 Å². The minimum atomic E-state index is -1.69. The third kappa shape index (κ3) is 3.15. The molecule has 1 fully saturated rings. The fourth-order valence-corrected chi connectivity index (χ4v) is 4.43. The van der Waals surface area contributed by atoms with Crippen molar-refractivity contribution in [3.05, 3.63) is 46.2 Å². The van der Waals surface area contributed by atoms with Crippen LogP contribution in [0.5, 0.6) is 0 Å². The molecule has 1 aliphatic rings. The lowest BCUT2D eigenvalue weighted by Crippen LogP contribution is -2.47. The summed E-state index contributed by atoms with van der Waals surface area (Å²) in [5.74, 6) is 0.492. The van der Waals surface area contributed by atoms with Gasteiger partial charge in [-0.3, -0.25) is 4.79 Å². The fourth-order valence-electron chi connectivity index (χ4n) is 3.05. The molecule has 4 heteroatoms. The molecule has 1 saturated carbocycles. The summed E-state index contributed by atoms with van der Waals surface area (Å²) in [5.41, 5.74) is 2.23. The SMILES string of the molecule is CC(C)(C)[Si](C)(C)OC1CC(c2cccc3ccc(=O)[nH]c23)C1. The third-order valence-electron chi connectivity index (χ3n) is 5.59. The summed E-state index contributed by atoms with van der Waals surface area (Å²) in [6.45, 7) is 11.5. The number of aromatic amines is 1. The molecule has 1 aromatic heterocycles. The van der Waals surface area contributed by atoms with Gasteiger partial charge in [0, 0.05) is 12.2 Å². The monoisotopic (exact) mass is 329 g/mol. The Balaban J connectivity index is 1.75. The van der Waals surface area contributed by atoms with Crippen LogP contribution in [-0.2, 0) is 4.43 Å². The van der Waals surface area contributed by atoms with Crippen LogP contribution in [0.2, 0.25) is 18.1 Å². The molecule has 0 saturated heterocycles. The highest BCUT2D eigenvalue weighted by Crippen LogP contribution is 2.45. The molecular formula is C19H27NO2Si. The van der Waals surface area contributed by atoms with E-state index in [9.17, 15) is 4.79 Å². The lowest BCUT2D eigenvalue weighted by Gasteiger charge is -2.45. The summed E-state index contributed by atoms with van der Waals surface area (Å²) in [7, 11) is -1.69. The number of H-pyrrole nitrogens is 1. The Hall–Kier alpha value is -1.39. The maximum atomic E-state index is 11.7. The van der Waals surface area contributed by atoms with Gasteiger partial charge in [-0.25, -0.2) is 0 Å². The van der Waals surface area contributed by atoms with Crippen molar-refractivity contribution in [2.75, 3.05) is 0 Å². The molecule has 124 valence electrons. The van der Waals surface area contributed by atoms with Gasteiger partial charge in [0.15, 0.2) is 8.32 Å². The van der Waals surface area contributed by atoms with Crippen molar-refractivity contribution in [3.8, 4) is 0 Å². The zero-order chi connectivity index (χ0) is 16.8. The number of rotatable bonds is 3. The van der Waals surface area contributed by atoms with Gasteiger partial charge in [-0.15, -0.1) is 0 Å². The summed E-state index contributed by atoms with van der Waals surface area (Å²) in [5, 5.41) is 1.36. The predicted molar refractivity (Wildman–Crippen MR) is 98.6 cm³/mol. The second-order valence-electron chi connectivity index (χ2n) is 8.30. The van der Waals surface area contributed by atoms with Crippen LogP contribution in [0.3, 0.4) is 0 Å². The highest BCUT2D eigenvalue weighted by Gasteiger charge is 2.42. The molecule has 23 heavy (non-hydrogen) atoms. The van der Waals surface area contributed by atoms with Gasteiger partial charge in [0.2, 0.25) is 5.56 Å². The van der Waals surface area contributed by atoms with E-state index in [0.717, 1.165) is 23.7 Å². The highest BCUT2D eigenvalue weighted by molar-refractivity contribution is 6.74. The first-order valence-corrected chi connectivity index (χ1v) is 11.4. The molecule has 0 bridgehead atoms. The van der Waals surface area contributed by atoms with Crippen LogP contribution in [0.15, 0.2) is 35.1 Å². The van der Waals surface area contributed by atoms with Crippen LogP contribution < -0.4 is 5.56 Å². The van der Waals surface area contributed by atoms with E-state index in [1.165, 1.54) is 5.56 Å². The smallest absolute Gasteiger partial charge is 0.248 e. The van der Waals surface area contributed by atoms with Crippen LogP contribution in [0.4, 0.5) is 0 Å². The van der Waals surface area contributed by atoms with Crippen molar-refractivity contribution >= 4 is 19.2 Å². The van der Waals surface area contributed by atoms with Gasteiger partial charge < -0.3 is 9.41 Å². The van der Waals surface area contributed by atoms with E-state index < -0.39 is 8.32 Å². The number of benzene rings is 1. The molecule has 1 aromatic carbocycles. The number of hydrogen-bond donors (Lipinski definition) is 1. The van der Waals surface area contributed by atoms with Crippen molar-refractivity contribution in [1.29, 1.82) is 0 Å². The van der Waals surface area contributed by atoms with Crippen molar-refractivity contribution in [3.63, 3.8) is 0 Å². The number of aromatic nitrogens is 1. The molecule has 1 heterocycles. The van der Waals surface area contributed by atoms with Crippen LogP contribution in [0, 0.1) is 0 Å². The first-order valence-electron chi connectivity index (χ1n) is 8.47. The van der Waals surface area contributed by atoms with E-state index in [2.05, 4.69) is 57.0 Å². The first kappa shape index (κ1) is 16.5. The van der Waals surface area contributed by atoms with Crippen molar-refractivity contribution < 1.29 is 4.43 Å². The van der Waals surface area contributed by atoms with Crippen LogP contribution in [0.25, 0.3) is 10.9 Å². The standard InChI is InChI=1S/C19H27NO2Si/c1-19(2,3)23(4,5)22-15-11-14(12-15)16-8-6-7-13-9-10-17(21)20-18(13)16/h6-10,14-15H,11-12H2,1-5H3,(H,20,21). The summed E-state index contributed by atoms with van der Waals surface area (Å²) in [6, 6.07) is 9.77. The summed E-state index contributed by atoms with van der Waals surface area (Å²) >= 11 is 0. The Morgan fingerprint density at radius 1 is 1.13 bits per heavy atom. The summed E-state index contributed by atoms with van der Waals surface area (Å²) < 4.78 is 6.49. The Bertz CT molecular complexity index is 767. The highest BCUT2D eigenvalue weighted by atomic mass is 28.4. The Morgan fingerprint density at radius 3 is 2.48 bits per heavy atom. The molecule has 0 aliphatic heterocycles. The molecule has 0 spiro atoms. The van der Waals surface area contributed by atoms with E-state index in [0.29, 0.717) is 12.0 Å². The van der Waals surface area contributed by atoms with Gasteiger partial charge in [-0.1, -0.05) is 39.0 Å². The normalized spacial score (nSPS) is 22.1. The van der Waals surface area contributed by atoms with Crippen molar-refractivity contribution in [2.24, 2.45) is 0 Å². The largest absolute Gasteiger partial charge is 0.414 e. The lowest BCUT2D eigenvalue weighted by molar-refractivity contribution is 0.0845. The molecule has 1 aliphatic carbocycles. The Labute approximate surface area is 139 Å². The minimum Gasteiger partial charge on any atom is -0.414 e. The zero-order valence-electron chi connectivity index (χ0n) is 14.8. The maximum Gasteiger partial charge on any atom is 0.248 e. The number of fused-ring (bicyclic) bond motifs is 1. The summed E-state index contributed by atoms with van der Waals surface area (Å²) in [6.07, 6.45) is 2.48. The average molecular weight is 330 g/mol. The third-order valence-corrected chi connectivity index (χ3v) is 10.1. The lowest BCUT2D eigenvalue weighted by atomic mass is 9.77. The molecule has 3 nitrogen and oxygen atoms in total. The first-order chi connectivity index (χ1) is 10.7. The van der Waals surface area contributed by atoms with Crippen molar-refractivity contribution in [1.82, 2.24) is 4.98 Å². The van der Waals surface area contributed by atoms with E-state index in [1.807, 2.05) is 6.07 Å². The van der Waals surface area contributed by atoms with E-state index in [1.54, 1.807) is 6.07 Å². The quantitative estimate of drug-likeness (QED) is 0.822. The molecular weight excluding hydrogens is 302 g/mol. The second-order valence-corrected chi connectivity index (χ2v) is 13.1. The van der Waals surface area contributed by atoms with E-state index in [-0.39, 0.29) is 10.6 Å². The molecule has 0 unspecified atom stereocenters. The van der Waals surface area contributed by atoms with Gasteiger partial charge >= 0.3 is 0 Å². The summed E-state index contributed by atoms with van der Waals surface area (Å²) in [4.78, 5) is 14.7. The molecule has 3 rings (SSSR count). The molecule has 0 atom stereocenters. The van der Waals surface area contributed by atoms with Gasteiger partial charge in [0.25, 0.3) is 0 Å². The van der Waals surface area contributed by atoms with Gasteiger partial charge in [0.05, 0.1) is 5.52 Å². The predicted octanol–water partition coefficient (Wildman–Crippen LogP) is 4.80. The molecule has 1 N–H and O–H groups in total. The van der Waals surface area contributed by atoms with Gasteiger partial charge in [-0.05, 0) is 53.9 Å². The Kier molecular flexibility index (Phi) is 4.01. The number of hydrogen-bond acceptors (Lipinski definition) is 2. The van der Waals surface area contributed by atoms with E-state index >= 15 is 0 Å². The number of nitrogens with one attached hydrogen (secondary N) is 1. The molecule has 0 radical (unpaired) electrons. The number of pyridine rings is 1. The Morgan fingerprint density at radius 2 is 1.83 bits per heavy atom. The fraction of sp³-hybridized carbons (Fsp3) is 0.526. The van der Waals surface area contributed by atoms with Crippen LogP contribution in [-0.4, -0.2) is 19.4 Å². The molecule has 2 aromatic rings. The van der Waals surface area contributed by atoms with Gasteiger partial charge in [0.1, 0.15) is 0 Å². The number of para-hydroxylation sites is 1. The van der Waals surface area contributed by atoms with Crippen LogP contribution in [0.1, 0.15) is 45.1 Å².